The van der Waals surface area contributed by atoms with Gasteiger partial charge in [-0.05, 0) is 39.0 Å². The summed E-state index contributed by atoms with van der Waals surface area (Å²) in [7, 11) is 0. The molecule has 0 bridgehead atoms. The number of carbonyl (C=O) groups is 1. The maximum absolute atomic E-state index is 13.3. The number of aromatic amines is 1. The van der Waals surface area contributed by atoms with E-state index in [1.807, 2.05) is 20.8 Å². The highest BCUT2D eigenvalue weighted by molar-refractivity contribution is 5.94. The maximum Gasteiger partial charge on any atom is 0.251 e. The number of halogens is 1. The molecule has 2 unspecified atom stereocenters. The first-order valence-electron chi connectivity index (χ1n) is 9.46. The highest BCUT2D eigenvalue weighted by Gasteiger charge is 2.28. The van der Waals surface area contributed by atoms with E-state index in [0.29, 0.717) is 17.2 Å². The van der Waals surface area contributed by atoms with Gasteiger partial charge in [0.05, 0.1) is 12.1 Å². The van der Waals surface area contributed by atoms with Gasteiger partial charge in [-0.1, -0.05) is 6.07 Å². The lowest BCUT2D eigenvalue weighted by molar-refractivity contribution is -0.121. The third-order valence-electron chi connectivity index (χ3n) is 5.20. The molecular formula is C20H26FN5O2. The molecule has 0 spiro atoms. The van der Waals surface area contributed by atoms with Crippen LogP contribution in [0.4, 0.5) is 10.1 Å². The van der Waals surface area contributed by atoms with Crippen LogP contribution in [0.3, 0.4) is 0 Å². The molecule has 150 valence electrons. The number of nitrogens with zero attached hydrogens (tertiary/aromatic N) is 3. The molecule has 2 N–H and O–H groups in total. The van der Waals surface area contributed by atoms with Crippen LogP contribution in [0.25, 0.3) is 0 Å². The number of amides is 1. The predicted molar refractivity (Wildman–Crippen MR) is 106 cm³/mol. The summed E-state index contributed by atoms with van der Waals surface area (Å²) in [6, 6.07) is 7.04. The van der Waals surface area contributed by atoms with Gasteiger partial charge in [-0.3, -0.25) is 19.4 Å². The number of hydrogen-bond acceptors (Lipinski definition) is 5. The summed E-state index contributed by atoms with van der Waals surface area (Å²) in [6.45, 7) is 8.64. The van der Waals surface area contributed by atoms with Crippen molar-refractivity contribution in [3.05, 3.63) is 58.0 Å². The summed E-state index contributed by atoms with van der Waals surface area (Å²) in [5.41, 5.74) is 1.01. The van der Waals surface area contributed by atoms with Crippen LogP contribution < -0.4 is 10.9 Å². The highest BCUT2D eigenvalue weighted by Crippen LogP contribution is 2.19. The van der Waals surface area contributed by atoms with Gasteiger partial charge in [0, 0.05) is 43.6 Å². The molecule has 28 heavy (non-hydrogen) atoms. The fraction of sp³-hybridized carbons (Fsp3) is 0.450. The Morgan fingerprint density at radius 1 is 1.18 bits per heavy atom. The second-order valence-corrected chi connectivity index (χ2v) is 7.20. The summed E-state index contributed by atoms with van der Waals surface area (Å²) in [5, 5.41) is 2.77. The van der Waals surface area contributed by atoms with Crippen LogP contribution in [0.2, 0.25) is 0 Å². The fourth-order valence-electron chi connectivity index (χ4n) is 3.46. The lowest BCUT2D eigenvalue weighted by Gasteiger charge is -2.39. The lowest BCUT2D eigenvalue weighted by Crippen LogP contribution is -2.53. The Bertz CT molecular complexity index is 892. The van der Waals surface area contributed by atoms with Crippen molar-refractivity contribution in [2.75, 3.05) is 31.5 Å². The average Bonchev–Trinajstić information content (AvgIpc) is 2.66. The zero-order chi connectivity index (χ0) is 20.3. The zero-order valence-corrected chi connectivity index (χ0v) is 16.4. The smallest absolute Gasteiger partial charge is 0.251 e. The molecule has 0 radical (unpaired) electrons. The van der Waals surface area contributed by atoms with Crippen molar-refractivity contribution in [1.82, 2.24) is 19.8 Å². The third kappa shape index (κ3) is 4.82. The molecule has 2 heterocycles. The van der Waals surface area contributed by atoms with E-state index in [4.69, 9.17) is 0 Å². The van der Waals surface area contributed by atoms with Crippen molar-refractivity contribution in [3.63, 3.8) is 0 Å². The molecule has 2 atom stereocenters. The number of nitrogens with one attached hydrogen (secondary N) is 2. The molecule has 1 aromatic carbocycles. The topological polar surface area (TPSA) is 81.3 Å². The Morgan fingerprint density at radius 3 is 2.50 bits per heavy atom. The van der Waals surface area contributed by atoms with Crippen LogP contribution >= 0.6 is 0 Å². The van der Waals surface area contributed by atoms with Gasteiger partial charge < -0.3 is 10.3 Å². The number of anilines is 1. The van der Waals surface area contributed by atoms with Gasteiger partial charge in [0.1, 0.15) is 11.6 Å². The van der Waals surface area contributed by atoms with Crippen molar-refractivity contribution < 1.29 is 9.18 Å². The molecule has 1 aliphatic heterocycles. The summed E-state index contributed by atoms with van der Waals surface area (Å²) >= 11 is 0. The van der Waals surface area contributed by atoms with Gasteiger partial charge in [0.25, 0.3) is 5.56 Å². The van der Waals surface area contributed by atoms with Crippen LogP contribution in [0.15, 0.2) is 35.1 Å². The number of benzene rings is 1. The number of aryl methyl sites for hydroxylation is 1. The molecule has 2 aromatic rings. The maximum atomic E-state index is 13.3. The number of H-pyrrole nitrogens is 1. The van der Waals surface area contributed by atoms with Gasteiger partial charge in [-0.25, -0.2) is 9.37 Å². The molecule has 1 fully saturated rings. The molecule has 1 saturated heterocycles. The Kier molecular flexibility index (Phi) is 6.21. The number of rotatable bonds is 5. The molecule has 8 heteroatoms. The zero-order valence-electron chi connectivity index (χ0n) is 16.4. The fourth-order valence-corrected chi connectivity index (χ4v) is 3.46. The van der Waals surface area contributed by atoms with Crippen LogP contribution in [0.5, 0.6) is 0 Å². The van der Waals surface area contributed by atoms with Crippen molar-refractivity contribution in [2.45, 2.75) is 32.9 Å². The molecule has 0 saturated carbocycles. The molecule has 7 nitrogen and oxygen atoms in total. The van der Waals surface area contributed by atoms with Crippen LogP contribution in [0.1, 0.15) is 31.4 Å². The third-order valence-corrected chi connectivity index (χ3v) is 5.20. The number of aromatic nitrogens is 2. The summed E-state index contributed by atoms with van der Waals surface area (Å²) in [6.07, 6.45) is 0. The van der Waals surface area contributed by atoms with Crippen LogP contribution in [-0.4, -0.2) is 57.9 Å². The monoisotopic (exact) mass is 387 g/mol. The quantitative estimate of drug-likeness (QED) is 0.819. The predicted octanol–water partition coefficient (Wildman–Crippen LogP) is 1.92. The van der Waals surface area contributed by atoms with E-state index in [0.717, 1.165) is 26.2 Å². The van der Waals surface area contributed by atoms with Gasteiger partial charge in [0.2, 0.25) is 5.91 Å². The van der Waals surface area contributed by atoms with Crippen LogP contribution in [0, 0.1) is 12.7 Å². The van der Waals surface area contributed by atoms with E-state index in [9.17, 15) is 14.0 Å². The van der Waals surface area contributed by atoms with Crippen molar-refractivity contribution in [1.29, 1.82) is 0 Å². The molecule has 3 rings (SSSR count). The molecule has 0 aliphatic carbocycles. The Hall–Kier alpha value is -2.58. The summed E-state index contributed by atoms with van der Waals surface area (Å²) < 4.78 is 13.3. The first-order chi connectivity index (χ1) is 13.3. The number of piperazine rings is 1. The minimum absolute atomic E-state index is 0.00817. The molecule has 1 amide bonds. The first kappa shape index (κ1) is 20.2. The van der Waals surface area contributed by atoms with Gasteiger partial charge >= 0.3 is 0 Å². The first-order valence-corrected chi connectivity index (χ1v) is 9.46. The van der Waals surface area contributed by atoms with Gasteiger partial charge in [-0.2, -0.15) is 0 Å². The van der Waals surface area contributed by atoms with Gasteiger partial charge in [0.15, 0.2) is 0 Å². The Balaban J connectivity index is 1.56. The van der Waals surface area contributed by atoms with E-state index in [-0.39, 0.29) is 29.4 Å². The average molecular weight is 387 g/mol. The second kappa shape index (κ2) is 8.62. The SMILES string of the molecule is Cc1cc(=O)[nH]c(C(C)N2CCN(C(C)C(=O)Nc3cccc(F)c3)CC2)n1. The Labute approximate surface area is 163 Å². The van der Waals surface area contributed by atoms with Gasteiger partial charge in [-0.15, -0.1) is 0 Å². The van der Waals surface area contributed by atoms with Crippen molar-refractivity contribution >= 4 is 11.6 Å². The standard InChI is InChI=1S/C20H26FN5O2/c1-13-11-18(27)24-19(22-13)14(2)25-7-9-26(10-8-25)15(3)20(28)23-17-6-4-5-16(21)12-17/h4-6,11-12,14-15H,7-10H2,1-3H3,(H,23,28)(H,22,24,27). The Morgan fingerprint density at radius 2 is 1.86 bits per heavy atom. The number of hydrogen-bond donors (Lipinski definition) is 2. The molecule has 1 aromatic heterocycles. The summed E-state index contributed by atoms with van der Waals surface area (Å²) in [4.78, 5) is 35.8. The van der Waals surface area contributed by atoms with Crippen molar-refractivity contribution in [2.24, 2.45) is 0 Å². The minimum atomic E-state index is -0.379. The lowest BCUT2D eigenvalue weighted by atomic mass is 10.1. The van der Waals surface area contributed by atoms with Crippen LogP contribution in [-0.2, 0) is 4.79 Å². The van der Waals surface area contributed by atoms with E-state index < -0.39 is 0 Å². The van der Waals surface area contributed by atoms with E-state index in [1.54, 1.807) is 12.1 Å². The highest BCUT2D eigenvalue weighted by atomic mass is 19.1. The summed E-state index contributed by atoms with van der Waals surface area (Å²) in [5.74, 6) is 0.128. The number of carbonyl (C=O) groups excluding carboxylic acids is 1. The molecular weight excluding hydrogens is 361 g/mol. The second-order valence-electron chi connectivity index (χ2n) is 7.20. The van der Waals surface area contributed by atoms with E-state index >= 15 is 0 Å². The molecule has 1 aliphatic rings. The normalized spacial score (nSPS) is 17.9. The largest absolute Gasteiger partial charge is 0.325 e. The van der Waals surface area contributed by atoms with E-state index in [1.165, 1.54) is 18.2 Å². The van der Waals surface area contributed by atoms with Crippen molar-refractivity contribution in [3.8, 4) is 0 Å². The van der Waals surface area contributed by atoms with E-state index in [2.05, 4.69) is 25.1 Å². The minimum Gasteiger partial charge on any atom is -0.325 e.